The van der Waals surface area contributed by atoms with E-state index >= 15 is 0 Å². The molecule has 0 aliphatic heterocycles. The zero-order valence-corrected chi connectivity index (χ0v) is 18.0. The van der Waals surface area contributed by atoms with Gasteiger partial charge in [-0.25, -0.2) is 4.98 Å². The second-order valence-corrected chi connectivity index (χ2v) is 8.21. The van der Waals surface area contributed by atoms with Gasteiger partial charge >= 0.3 is 0 Å². The second-order valence-electron chi connectivity index (χ2n) is 8.21. The lowest BCUT2D eigenvalue weighted by molar-refractivity contribution is 0.571. The first-order chi connectivity index (χ1) is 13.9. The van der Waals surface area contributed by atoms with Gasteiger partial charge < -0.3 is 0 Å². The number of aryl methyl sites for hydroxylation is 3. The van der Waals surface area contributed by atoms with Crippen LogP contribution in [0.15, 0.2) is 48.9 Å². The quantitative estimate of drug-likeness (QED) is 0.454. The molecule has 0 saturated carbocycles. The molecule has 0 amide bonds. The van der Waals surface area contributed by atoms with Crippen molar-refractivity contribution in [1.82, 2.24) is 15.0 Å². The predicted molar refractivity (Wildman–Crippen MR) is 116 cm³/mol. The van der Waals surface area contributed by atoms with E-state index in [1.807, 2.05) is 31.6 Å². The van der Waals surface area contributed by atoms with E-state index in [2.05, 4.69) is 60.8 Å². The van der Waals surface area contributed by atoms with Crippen molar-refractivity contribution in [3.05, 3.63) is 88.5 Å². The van der Waals surface area contributed by atoms with Crippen LogP contribution in [0.4, 0.5) is 4.39 Å². The summed E-state index contributed by atoms with van der Waals surface area (Å²) >= 11 is 0. The van der Waals surface area contributed by atoms with E-state index in [0.29, 0.717) is 17.8 Å². The first kappa shape index (κ1) is 21.1. The summed E-state index contributed by atoms with van der Waals surface area (Å²) in [6.45, 7) is 10.8. The zero-order chi connectivity index (χ0) is 21.0. The molecule has 0 spiro atoms. The Labute approximate surface area is 173 Å². The maximum absolute atomic E-state index is 13.7. The summed E-state index contributed by atoms with van der Waals surface area (Å²) in [5.41, 5.74) is 6.80. The van der Waals surface area contributed by atoms with Crippen LogP contribution in [0, 0.1) is 12.9 Å². The maximum atomic E-state index is 13.7. The molecule has 0 fully saturated rings. The van der Waals surface area contributed by atoms with Crippen LogP contribution in [0.3, 0.4) is 0 Å². The van der Waals surface area contributed by atoms with Crippen molar-refractivity contribution in [3.8, 4) is 0 Å². The Bertz CT molecular complexity index is 968. The van der Waals surface area contributed by atoms with Crippen LogP contribution in [0.1, 0.15) is 79.1 Å². The van der Waals surface area contributed by atoms with E-state index in [1.165, 1.54) is 22.8 Å². The Kier molecular flexibility index (Phi) is 6.73. The van der Waals surface area contributed by atoms with E-state index in [9.17, 15) is 4.39 Å². The maximum Gasteiger partial charge on any atom is 0.213 e. The summed E-state index contributed by atoms with van der Waals surface area (Å²) in [6.07, 6.45) is 7.24. The van der Waals surface area contributed by atoms with E-state index in [4.69, 9.17) is 0 Å². The van der Waals surface area contributed by atoms with Crippen LogP contribution in [0.5, 0.6) is 0 Å². The zero-order valence-electron chi connectivity index (χ0n) is 18.0. The lowest BCUT2D eigenvalue weighted by Crippen LogP contribution is -2.10. The molecule has 3 aromatic rings. The van der Waals surface area contributed by atoms with Crippen molar-refractivity contribution < 1.29 is 4.39 Å². The number of hydrogen-bond acceptors (Lipinski definition) is 3. The average molecular weight is 392 g/mol. The fourth-order valence-corrected chi connectivity index (χ4v) is 3.95. The third-order valence-corrected chi connectivity index (χ3v) is 5.86. The van der Waals surface area contributed by atoms with Gasteiger partial charge in [0, 0.05) is 30.0 Å². The highest BCUT2D eigenvalue weighted by molar-refractivity contribution is 5.33. The van der Waals surface area contributed by atoms with Gasteiger partial charge in [-0.3, -0.25) is 9.97 Å². The van der Waals surface area contributed by atoms with E-state index in [-0.39, 0.29) is 0 Å². The summed E-state index contributed by atoms with van der Waals surface area (Å²) in [5.74, 6) is 0.571. The minimum Gasteiger partial charge on any atom is -0.264 e. The number of pyridine rings is 3. The number of hydrogen-bond donors (Lipinski definition) is 0. The average Bonchev–Trinajstić information content (AvgIpc) is 2.71. The molecule has 0 aromatic carbocycles. The second kappa shape index (κ2) is 9.25. The van der Waals surface area contributed by atoms with Crippen molar-refractivity contribution in [2.24, 2.45) is 0 Å². The van der Waals surface area contributed by atoms with Crippen molar-refractivity contribution in [2.45, 2.75) is 65.2 Å². The third-order valence-electron chi connectivity index (χ3n) is 5.86. The van der Waals surface area contributed by atoms with Crippen LogP contribution in [-0.2, 0) is 12.8 Å². The van der Waals surface area contributed by atoms with E-state index in [0.717, 1.165) is 29.8 Å². The van der Waals surface area contributed by atoms with Gasteiger partial charge in [0.2, 0.25) is 5.95 Å². The van der Waals surface area contributed by atoms with Crippen molar-refractivity contribution >= 4 is 0 Å². The monoisotopic (exact) mass is 391 g/mol. The predicted octanol–water partition coefficient (Wildman–Crippen LogP) is 6.13. The molecule has 152 valence electrons. The van der Waals surface area contributed by atoms with E-state index in [1.54, 1.807) is 0 Å². The first-order valence-electron chi connectivity index (χ1n) is 10.4. The number of nitrogens with zero attached hydrogens (tertiary/aromatic N) is 3. The van der Waals surface area contributed by atoms with Crippen molar-refractivity contribution in [1.29, 1.82) is 0 Å². The van der Waals surface area contributed by atoms with Crippen molar-refractivity contribution in [3.63, 3.8) is 0 Å². The Morgan fingerprint density at radius 2 is 1.69 bits per heavy atom. The number of rotatable bonds is 7. The Hall–Kier alpha value is -2.62. The number of halogens is 1. The minimum absolute atomic E-state index is 0.311. The highest BCUT2D eigenvalue weighted by Crippen LogP contribution is 2.34. The molecule has 3 aromatic heterocycles. The largest absolute Gasteiger partial charge is 0.264 e. The lowest BCUT2D eigenvalue weighted by atomic mass is 9.82. The fourth-order valence-electron chi connectivity index (χ4n) is 3.95. The van der Waals surface area contributed by atoms with Gasteiger partial charge in [-0.1, -0.05) is 33.8 Å². The van der Waals surface area contributed by atoms with Gasteiger partial charge in [-0.15, -0.1) is 0 Å². The number of aromatic nitrogens is 3. The first-order valence-corrected chi connectivity index (χ1v) is 10.4. The molecule has 2 atom stereocenters. The molecular formula is C25H30FN3. The highest BCUT2D eigenvalue weighted by Gasteiger charge is 2.20. The molecule has 0 saturated heterocycles. The summed E-state index contributed by atoms with van der Waals surface area (Å²) < 4.78 is 13.7. The molecule has 0 aliphatic carbocycles. The Morgan fingerprint density at radius 3 is 2.41 bits per heavy atom. The molecule has 0 radical (unpaired) electrons. The van der Waals surface area contributed by atoms with Gasteiger partial charge in [0.25, 0.3) is 0 Å². The van der Waals surface area contributed by atoms with Gasteiger partial charge in [0.15, 0.2) is 0 Å². The van der Waals surface area contributed by atoms with Gasteiger partial charge in [0.1, 0.15) is 0 Å². The van der Waals surface area contributed by atoms with Crippen LogP contribution in [-0.4, -0.2) is 15.0 Å². The molecule has 0 N–H and O–H groups in total. The molecule has 29 heavy (non-hydrogen) atoms. The smallest absolute Gasteiger partial charge is 0.213 e. The molecule has 3 rings (SSSR count). The SMILES string of the molecule is Cc1cc(C(C)C(C)c2cnccc2CCc2nc(F)ccc2C(C)C)ccn1. The molecule has 3 heterocycles. The molecule has 3 nitrogen and oxygen atoms in total. The molecule has 2 unspecified atom stereocenters. The highest BCUT2D eigenvalue weighted by atomic mass is 19.1. The van der Waals surface area contributed by atoms with Crippen LogP contribution >= 0.6 is 0 Å². The van der Waals surface area contributed by atoms with Gasteiger partial charge in [-0.05, 0) is 84.0 Å². The lowest BCUT2D eigenvalue weighted by Gasteiger charge is -2.23. The van der Waals surface area contributed by atoms with Crippen LogP contribution < -0.4 is 0 Å². The van der Waals surface area contributed by atoms with Crippen molar-refractivity contribution in [2.75, 3.05) is 0 Å². The summed E-state index contributed by atoms with van der Waals surface area (Å²) in [7, 11) is 0. The summed E-state index contributed by atoms with van der Waals surface area (Å²) in [4.78, 5) is 12.9. The summed E-state index contributed by atoms with van der Waals surface area (Å²) in [5, 5.41) is 0. The van der Waals surface area contributed by atoms with Crippen LogP contribution in [0.2, 0.25) is 0 Å². The fraction of sp³-hybridized carbons (Fsp3) is 0.400. The standard InChI is InChI=1S/C25H30FN3/c1-16(2)22-7-9-25(26)29-24(22)8-6-20-10-12-27-15-23(20)19(5)18(4)21-11-13-28-17(3)14-21/h7,9-16,18-19H,6,8H2,1-5H3. The van der Waals surface area contributed by atoms with E-state index < -0.39 is 5.95 Å². The molecule has 0 bridgehead atoms. The van der Waals surface area contributed by atoms with Gasteiger partial charge in [0.05, 0.1) is 0 Å². The normalized spacial score (nSPS) is 13.5. The molecule has 0 aliphatic rings. The minimum atomic E-state index is -0.408. The van der Waals surface area contributed by atoms with Gasteiger partial charge in [-0.2, -0.15) is 4.39 Å². The topological polar surface area (TPSA) is 38.7 Å². The Balaban J connectivity index is 1.83. The molecular weight excluding hydrogens is 361 g/mol. The Morgan fingerprint density at radius 1 is 0.897 bits per heavy atom. The summed E-state index contributed by atoms with van der Waals surface area (Å²) in [6, 6.07) is 9.66. The molecule has 4 heteroatoms. The van der Waals surface area contributed by atoms with Crippen LogP contribution in [0.25, 0.3) is 0 Å². The third kappa shape index (κ3) is 5.06.